The predicted molar refractivity (Wildman–Crippen MR) is 65.2 cm³/mol. The van der Waals surface area contributed by atoms with Gasteiger partial charge in [0.1, 0.15) is 0 Å². The average Bonchev–Trinajstić information content (AvgIpc) is 2.01. The quantitative estimate of drug-likeness (QED) is 0.735. The second-order valence-corrected chi connectivity index (χ2v) is 6.75. The molecule has 0 aromatic heterocycles. The topological polar surface area (TPSA) is 46.2 Å². The van der Waals surface area contributed by atoms with Gasteiger partial charge in [-0.2, -0.15) is 0 Å². The van der Waals surface area contributed by atoms with Crippen molar-refractivity contribution in [3.05, 3.63) is 0 Å². The van der Waals surface area contributed by atoms with Gasteiger partial charge in [-0.3, -0.25) is 0 Å². The van der Waals surface area contributed by atoms with Crippen molar-refractivity contribution in [2.45, 2.75) is 41.0 Å². The molecule has 0 aliphatic carbocycles. The second-order valence-electron chi connectivity index (χ2n) is 4.82. The molecule has 0 aliphatic heterocycles. The third-order valence-electron chi connectivity index (χ3n) is 2.72. The molecule has 0 aliphatic rings. The summed E-state index contributed by atoms with van der Waals surface area (Å²) in [6, 6.07) is 0. The summed E-state index contributed by atoms with van der Waals surface area (Å²) in [4.78, 5) is 0. The Hall–Kier alpha value is -0.0900. The molecule has 0 aromatic rings. The zero-order valence-corrected chi connectivity index (χ0v) is 11.4. The molecule has 0 aromatic carbocycles. The summed E-state index contributed by atoms with van der Waals surface area (Å²) in [5, 5.41) is 0. The van der Waals surface area contributed by atoms with Crippen LogP contribution in [0.3, 0.4) is 0 Å². The molecule has 0 unspecified atom stereocenters. The van der Waals surface area contributed by atoms with Crippen molar-refractivity contribution in [2.24, 2.45) is 17.8 Å². The van der Waals surface area contributed by atoms with Crippen LogP contribution in [0, 0.1) is 17.8 Å². The first-order valence-electron chi connectivity index (χ1n) is 5.77. The number of sulfonamides is 1. The van der Waals surface area contributed by atoms with Gasteiger partial charge in [-0.15, -0.1) is 0 Å². The average molecular weight is 235 g/mol. The summed E-state index contributed by atoms with van der Waals surface area (Å²) in [5.74, 6) is 1.66. The van der Waals surface area contributed by atoms with Gasteiger partial charge in [-0.05, 0) is 24.2 Å². The minimum Gasteiger partial charge on any atom is -0.215 e. The number of hydrogen-bond acceptors (Lipinski definition) is 2. The number of nitrogens with one attached hydrogen (secondary N) is 1. The maximum absolute atomic E-state index is 11.5. The second kappa shape index (κ2) is 6.48. The highest BCUT2D eigenvalue weighted by Crippen LogP contribution is 2.19. The van der Waals surface area contributed by atoms with Crippen LogP contribution in [0.4, 0.5) is 0 Å². The monoisotopic (exact) mass is 235 g/mol. The molecule has 1 N–H and O–H groups in total. The normalized spacial score (nSPS) is 13.1. The van der Waals surface area contributed by atoms with E-state index in [1.165, 1.54) is 0 Å². The summed E-state index contributed by atoms with van der Waals surface area (Å²) in [6.45, 7) is 11.0. The Morgan fingerprint density at radius 3 is 1.87 bits per heavy atom. The molecule has 4 heteroatoms. The largest absolute Gasteiger partial charge is 0.215 e. The van der Waals surface area contributed by atoms with Crippen molar-refractivity contribution in [3.63, 3.8) is 0 Å². The SMILES string of the molecule is CCCS(=O)(=O)NCC(C(C)C)C(C)C. The molecule has 92 valence electrons. The Kier molecular flexibility index (Phi) is 6.44. The van der Waals surface area contributed by atoms with E-state index in [1.807, 2.05) is 6.92 Å². The number of rotatable bonds is 7. The molecule has 0 saturated carbocycles. The van der Waals surface area contributed by atoms with Crippen LogP contribution in [-0.4, -0.2) is 20.7 Å². The minimum atomic E-state index is -3.04. The zero-order chi connectivity index (χ0) is 12.1. The highest BCUT2D eigenvalue weighted by atomic mass is 32.2. The molecule has 3 nitrogen and oxygen atoms in total. The summed E-state index contributed by atoms with van der Waals surface area (Å²) >= 11 is 0. The molecular formula is C11H25NO2S. The Bertz CT molecular complexity index is 250. The lowest BCUT2D eigenvalue weighted by Gasteiger charge is -2.24. The van der Waals surface area contributed by atoms with Gasteiger partial charge in [0.25, 0.3) is 0 Å². The molecular weight excluding hydrogens is 210 g/mol. The lowest BCUT2D eigenvalue weighted by Crippen LogP contribution is -2.35. The lowest BCUT2D eigenvalue weighted by atomic mass is 9.86. The maximum Gasteiger partial charge on any atom is 0.211 e. The van der Waals surface area contributed by atoms with E-state index in [2.05, 4.69) is 32.4 Å². The van der Waals surface area contributed by atoms with E-state index in [0.717, 1.165) is 0 Å². The van der Waals surface area contributed by atoms with Crippen molar-refractivity contribution in [1.82, 2.24) is 4.72 Å². The van der Waals surface area contributed by atoms with Crippen molar-refractivity contribution in [1.29, 1.82) is 0 Å². The zero-order valence-electron chi connectivity index (χ0n) is 10.6. The van der Waals surface area contributed by atoms with E-state index in [4.69, 9.17) is 0 Å². The molecule has 0 saturated heterocycles. The Balaban J connectivity index is 4.22. The summed E-state index contributed by atoms with van der Waals surface area (Å²) in [5.41, 5.74) is 0. The van der Waals surface area contributed by atoms with E-state index in [-0.39, 0.29) is 5.75 Å². The first-order chi connectivity index (χ1) is 6.80. The van der Waals surface area contributed by atoms with Gasteiger partial charge >= 0.3 is 0 Å². The van der Waals surface area contributed by atoms with Gasteiger partial charge < -0.3 is 0 Å². The molecule has 0 rings (SSSR count). The van der Waals surface area contributed by atoms with Crippen LogP contribution in [0.25, 0.3) is 0 Å². The van der Waals surface area contributed by atoms with E-state index >= 15 is 0 Å². The summed E-state index contributed by atoms with van der Waals surface area (Å²) in [6.07, 6.45) is 0.670. The molecule has 0 bridgehead atoms. The Morgan fingerprint density at radius 2 is 1.53 bits per heavy atom. The molecule has 0 heterocycles. The minimum absolute atomic E-state index is 0.232. The molecule has 0 amide bonds. The van der Waals surface area contributed by atoms with Gasteiger partial charge in [-0.1, -0.05) is 34.6 Å². The highest BCUT2D eigenvalue weighted by molar-refractivity contribution is 7.89. The Labute approximate surface area is 94.7 Å². The fourth-order valence-corrected chi connectivity index (χ4v) is 2.93. The van der Waals surface area contributed by atoms with Gasteiger partial charge in [0.2, 0.25) is 10.0 Å². The maximum atomic E-state index is 11.5. The standard InChI is InChI=1S/C11H25NO2S/c1-6-7-15(13,14)12-8-11(9(2)3)10(4)5/h9-12H,6-8H2,1-5H3. The lowest BCUT2D eigenvalue weighted by molar-refractivity contribution is 0.289. The van der Waals surface area contributed by atoms with Crippen LogP contribution in [-0.2, 0) is 10.0 Å². The highest BCUT2D eigenvalue weighted by Gasteiger charge is 2.19. The molecule has 0 radical (unpaired) electrons. The van der Waals surface area contributed by atoms with Crippen LogP contribution in [0.2, 0.25) is 0 Å². The van der Waals surface area contributed by atoms with Crippen molar-refractivity contribution < 1.29 is 8.42 Å². The third kappa shape index (κ3) is 6.15. The van der Waals surface area contributed by atoms with Crippen LogP contribution in [0.15, 0.2) is 0 Å². The van der Waals surface area contributed by atoms with E-state index in [0.29, 0.717) is 30.7 Å². The molecule has 0 spiro atoms. The van der Waals surface area contributed by atoms with Crippen LogP contribution in [0.1, 0.15) is 41.0 Å². The summed E-state index contributed by atoms with van der Waals surface area (Å²) in [7, 11) is -3.04. The molecule has 0 fully saturated rings. The fourth-order valence-electron chi connectivity index (χ4n) is 1.81. The van der Waals surface area contributed by atoms with E-state index in [1.54, 1.807) is 0 Å². The first kappa shape index (κ1) is 14.9. The van der Waals surface area contributed by atoms with Crippen molar-refractivity contribution in [2.75, 3.05) is 12.3 Å². The van der Waals surface area contributed by atoms with Crippen LogP contribution < -0.4 is 4.72 Å². The molecule has 0 atom stereocenters. The van der Waals surface area contributed by atoms with Crippen LogP contribution in [0.5, 0.6) is 0 Å². The van der Waals surface area contributed by atoms with Gasteiger partial charge in [0.05, 0.1) is 5.75 Å². The number of hydrogen-bond donors (Lipinski definition) is 1. The van der Waals surface area contributed by atoms with E-state index < -0.39 is 10.0 Å². The summed E-state index contributed by atoms with van der Waals surface area (Å²) < 4.78 is 25.6. The van der Waals surface area contributed by atoms with Crippen molar-refractivity contribution in [3.8, 4) is 0 Å². The smallest absolute Gasteiger partial charge is 0.211 e. The van der Waals surface area contributed by atoms with Gasteiger partial charge in [0.15, 0.2) is 0 Å². The predicted octanol–water partition coefficient (Wildman–Crippen LogP) is 2.24. The van der Waals surface area contributed by atoms with Crippen LogP contribution >= 0.6 is 0 Å². The Morgan fingerprint density at radius 1 is 1.07 bits per heavy atom. The van der Waals surface area contributed by atoms with Gasteiger partial charge in [-0.25, -0.2) is 13.1 Å². The first-order valence-corrected chi connectivity index (χ1v) is 7.42. The van der Waals surface area contributed by atoms with E-state index in [9.17, 15) is 8.42 Å². The fraction of sp³-hybridized carbons (Fsp3) is 1.00. The third-order valence-corrected chi connectivity index (χ3v) is 4.28. The van der Waals surface area contributed by atoms with Gasteiger partial charge in [0, 0.05) is 6.54 Å². The van der Waals surface area contributed by atoms with Crippen molar-refractivity contribution >= 4 is 10.0 Å². The molecule has 15 heavy (non-hydrogen) atoms.